The first-order chi connectivity index (χ1) is 37.5. The Labute approximate surface area is 476 Å². The highest BCUT2D eigenvalue weighted by atomic mass is 28.3. The molecule has 0 unspecified atom stereocenters. The van der Waals surface area contributed by atoms with Crippen molar-refractivity contribution in [3.05, 3.63) is 90.9 Å². The highest BCUT2D eigenvalue weighted by molar-refractivity contribution is 6.77. The maximum Gasteiger partial charge on any atom is 0.189 e. The fourth-order valence-corrected chi connectivity index (χ4v) is 10.7. The van der Waals surface area contributed by atoms with Gasteiger partial charge in [-0.05, 0) is 83.8 Å². The van der Waals surface area contributed by atoms with Crippen LogP contribution in [0.25, 0.3) is 55.6 Å². The Balaban J connectivity index is 0.000000320. The highest BCUT2D eigenvalue weighted by Gasteiger charge is 2.20. The van der Waals surface area contributed by atoms with Crippen LogP contribution >= 0.6 is 0 Å². The molecular formula is C58H87N7O11Si4. The van der Waals surface area contributed by atoms with Crippen LogP contribution in [0.15, 0.2) is 85.2 Å². The molecule has 436 valence electrons. The molecule has 3 heterocycles. The number of ether oxygens (including phenoxy) is 8. The predicted molar refractivity (Wildman–Crippen MR) is 331 cm³/mol. The minimum Gasteiger partial charge on any atom is -0.496 e. The van der Waals surface area contributed by atoms with Gasteiger partial charge in [0, 0.05) is 105 Å². The molecule has 4 aromatic carbocycles. The molecule has 4 N–H and O–H groups in total. The topological polar surface area (TPSA) is 224 Å². The van der Waals surface area contributed by atoms with Crippen LogP contribution in [0.4, 0.5) is 0 Å². The zero-order valence-electron chi connectivity index (χ0n) is 49.7. The predicted octanol–water partition coefficient (Wildman–Crippen LogP) is 13.2. The summed E-state index contributed by atoms with van der Waals surface area (Å²) in [5.41, 5.74) is 6.91. The van der Waals surface area contributed by atoms with E-state index in [0.717, 1.165) is 105 Å². The minimum absolute atomic E-state index is 0. The van der Waals surface area contributed by atoms with E-state index in [4.69, 9.17) is 52.6 Å². The van der Waals surface area contributed by atoms with Gasteiger partial charge in [-0.15, -0.1) is 0 Å². The van der Waals surface area contributed by atoms with Crippen LogP contribution in [-0.2, 0) is 42.0 Å². The van der Waals surface area contributed by atoms with Crippen LogP contribution in [0.3, 0.4) is 0 Å². The third kappa shape index (κ3) is 21.4. The molecule has 18 nitrogen and oxygen atoms in total. The van der Waals surface area contributed by atoms with E-state index in [1.165, 1.54) is 0 Å². The summed E-state index contributed by atoms with van der Waals surface area (Å²) in [6, 6.07) is 28.3. The molecule has 7 aromatic rings. The molecule has 0 aliphatic carbocycles. The molecule has 0 atom stereocenters. The van der Waals surface area contributed by atoms with E-state index >= 15 is 0 Å². The second kappa shape index (κ2) is 31.2. The number of methoxy groups -OCH3 is 2. The second-order valence-corrected chi connectivity index (χ2v) is 46.4. The maximum absolute atomic E-state index is 11.6. The van der Waals surface area contributed by atoms with Crippen molar-refractivity contribution in [3.8, 4) is 56.8 Å². The average molecular weight is 1170 g/mol. The van der Waals surface area contributed by atoms with Crippen LogP contribution in [0.2, 0.25) is 103 Å². The fourth-order valence-electron chi connectivity index (χ4n) is 7.71. The number of imidazole rings is 1. The number of rotatable bonds is 29. The van der Waals surface area contributed by atoms with E-state index in [-0.39, 0.29) is 32.3 Å². The van der Waals surface area contributed by atoms with Gasteiger partial charge in [0.1, 0.15) is 47.8 Å². The van der Waals surface area contributed by atoms with Crippen LogP contribution in [-0.4, -0.2) is 135 Å². The van der Waals surface area contributed by atoms with Crippen LogP contribution < -0.4 is 25.1 Å². The van der Waals surface area contributed by atoms with Gasteiger partial charge in [-0.3, -0.25) is 14.4 Å². The molecule has 3 aromatic heterocycles. The zero-order chi connectivity index (χ0) is 57.8. The van der Waals surface area contributed by atoms with Crippen molar-refractivity contribution in [2.24, 2.45) is 0 Å². The van der Waals surface area contributed by atoms with E-state index in [1.807, 2.05) is 65.5 Å². The summed E-state index contributed by atoms with van der Waals surface area (Å²) >= 11 is 0. The molecule has 7 rings (SSSR count). The van der Waals surface area contributed by atoms with Gasteiger partial charge in [0.15, 0.2) is 38.3 Å². The number of nitrogens with zero attached hydrogens (tertiary/aromatic N) is 5. The van der Waals surface area contributed by atoms with Gasteiger partial charge in [0.25, 0.3) is 0 Å². The summed E-state index contributed by atoms with van der Waals surface area (Å²) in [6.45, 7) is 32.0. The highest BCUT2D eigenvalue weighted by Crippen LogP contribution is 2.38. The van der Waals surface area contributed by atoms with Gasteiger partial charge in [0.2, 0.25) is 0 Å². The van der Waals surface area contributed by atoms with Crippen molar-refractivity contribution in [2.45, 2.75) is 116 Å². The third-order valence-electron chi connectivity index (χ3n) is 12.4. The lowest BCUT2D eigenvalue weighted by atomic mass is 10.0. The number of nitrogens with one attached hydrogen (secondary N) is 1. The maximum atomic E-state index is 11.6. The standard InChI is InChI=1S/C29H42N4O4Si2.C27H40N2O5Si2.C2H2O2.H3N/c1-34-27-19-23(37-21-36-15-17-39(5,6)7)9-11-24(27)22-8-10-25-26(18-22)33(20-35-14-16-38(2,3)4)32-28(25)29-30-12-13-31-29;1-31-27-17-22(34-20-33-13-15-36(5,6)7)9-11-23(27)21-8-10-24-25(18-30)28-29(26(24)16-21)19-32-12-14-35(2,3)4;3-1-2-4;/h8-13,18-19H,14-17,20-21H2,1-7H3,(H,30,31);8-11,16-18H,12-15,19-20H2,1-7H3;1-2H;1H3. The molecule has 0 aliphatic heterocycles. The lowest BCUT2D eigenvalue weighted by Gasteiger charge is -2.16. The number of H-pyrrole nitrogens is 1. The number of benzene rings is 4. The molecule has 0 spiro atoms. The number of aromatic nitrogens is 6. The van der Waals surface area contributed by atoms with E-state index in [0.29, 0.717) is 49.6 Å². The van der Waals surface area contributed by atoms with Gasteiger partial charge in [-0.25, -0.2) is 14.3 Å². The number of hydrogen-bond donors (Lipinski definition) is 2. The molecule has 80 heavy (non-hydrogen) atoms. The Morgan fingerprint density at radius 1 is 0.525 bits per heavy atom. The molecule has 0 saturated carbocycles. The van der Waals surface area contributed by atoms with Gasteiger partial charge in [0.05, 0.1) is 25.3 Å². The quantitative estimate of drug-likeness (QED) is 0.0146. The molecule has 0 radical (unpaired) electrons. The largest absolute Gasteiger partial charge is 0.496 e. The number of aromatic amines is 1. The number of aldehydes is 3. The Bertz CT molecular complexity index is 3030. The first-order valence-corrected chi connectivity index (χ1v) is 41.6. The van der Waals surface area contributed by atoms with Crippen molar-refractivity contribution in [2.75, 3.05) is 54.2 Å². The molecule has 22 heteroatoms. The monoisotopic (exact) mass is 1170 g/mol. The average Bonchev–Trinajstić information content (AvgIpc) is 4.34. The normalized spacial score (nSPS) is 11.7. The Morgan fingerprint density at radius 3 is 1.35 bits per heavy atom. The Morgan fingerprint density at radius 2 is 0.950 bits per heavy atom. The molecule has 0 saturated heterocycles. The summed E-state index contributed by atoms with van der Waals surface area (Å²) in [5.74, 6) is 3.57. The Hall–Kier alpha value is -6.09. The zero-order valence-corrected chi connectivity index (χ0v) is 53.7. The summed E-state index contributed by atoms with van der Waals surface area (Å²) in [4.78, 5) is 36.8. The van der Waals surface area contributed by atoms with Crippen molar-refractivity contribution >= 4 is 73.0 Å². The van der Waals surface area contributed by atoms with E-state index in [1.54, 1.807) is 25.1 Å². The summed E-state index contributed by atoms with van der Waals surface area (Å²) in [6.07, 6.45) is 4.73. The lowest BCUT2D eigenvalue weighted by molar-refractivity contribution is -0.122. The van der Waals surface area contributed by atoms with Crippen molar-refractivity contribution < 1.29 is 52.3 Å². The Kier molecular flexibility index (Phi) is 25.9. The van der Waals surface area contributed by atoms with Crippen molar-refractivity contribution in [3.63, 3.8) is 0 Å². The summed E-state index contributed by atoms with van der Waals surface area (Å²) in [5, 5.41) is 11.2. The second-order valence-electron chi connectivity index (χ2n) is 23.9. The van der Waals surface area contributed by atoms with E-state index < -0.39 is 32.3 Å². The van der Waals surface area contributed by atoms with Crippen LogP contribution in [0.5, 0.6) is 23.0 Å². The van der Waals surface area contributed by atoms with E-state index in [9.17, 15) is 4.79 Å². The molecule has 0 bridgehead atoms. The molecular weight excluding hydrogens is 1080 g/mol. The minimum atomic E-state index is -1.18. The third-order valence-corrected chi connectivity index (χ3v) is 19.2. The fraction of sp³-hybridized carbons (Fsp3) is 0.448. The van der Waals surface area contributed by atoms with Crippen LogP contribution in [0.1, 0.15) is 10.5 Å². The summed E-state index contributed by atoms with van der Waals surface area (Å²) < 4.78 is 50.1. The van der Waals surface area contributed by atoms with Crippen molar-refractivity contribution in [1.82, 2.24) is 35.7 Å². The van der Waals surface area contributed by atoms with Gasteiger partial charge in [-0.1, -0.05) is 90.7 Å². The van der Waals surface area contributed by atoms with Crippen LogP contribution in [0, 0.1) is 0 Å². The number of fused-ring (bicyclic) bond motifs is 2. The van der Waals surface area contributed by atoms with E-state index in [2.05, 4.69) is 112 Å². The number of carbonyl (C=O) groups is 3. The van der Waals surface area contributed by atoms with Gasteiger partial charge in [-0.2, -0.15) is 10.2 Å². The first kappa shape index (κ1) is 66.4. The van der Waals surface area contributed by atoms with Gasteiger partial charge >= 0.3 is 0 Å². The lowest BCUT2D eigenvalue weighted by Crippen LogP contribution is -2.22. The first-order valence-electron chi connectivity index (χ1n) is 26.7. The summed E-state index contributed by atoms with van der Waals surface area (Å²) in [7, 11) is -1.27. The molecule has 0 aliphatic rings. The van der Waals surface area contributed by atoms with Crippen molar-refractivity contribution in [1.29, 1.82) is 0 Å². The SMILES string of the molecule is COc1cc(OCOCC[Si](C)(C)C)ccc1-c1ccc2c(-c3ncc[nH]3)nn(COCC[Si](C)(C)C)c2c1.COc1cc(OCOCC[Si](C)(C)C)ccc1-c1ccc2c(C=O)nn(COCC[Si](C)(C)C)c2c1.N.O=CC=O. The smallest absolute Gasteiger partial charge is 0.189 e. The molecule has 0 amide bonds. The van der Waals surface area contributed by atoms with Gasteiger partial charge < -0.3 is 49.0 Å². The molecule has 0 fully saturated rings. The number of carbonyl (C=O) groups excluding carboxylic acids is 3. The number of hydrogen-bond acceptors (Lipinski definition) is 15.